The van der Waals surface area contributed by atoms with E-state index >= 15 is 0 Å². The van der Waals surface area contributed by atoms with Crippen LogP contribution in [0.3, 0.4) is 0 Å². The summed E-state index contributed by atoms with van der Waals surface area (Å²) in [5.74, 6) is 0.733. The molecule has 8 nitrogen and oxygen atoms in total. The molecule has 3 heterocycles. The summed E-state index contributed by atoms with van der Waals surface area (Å²) in [5.41, 5.74) is 1.42. The highest BCUT2D eigenvalue weighted by atomic mass is 16.5. The Morgan fingerprint density at radius 1 is 1.05 bits per heavy atom. The van der Waals surface area contributed by atoms with Crippen molar-refractivity contribution in [2.75, 3.05) is 38.7 Å². The molecule has 0 spiro atoms. The molecule has 0 aliphatic carbocycles. The highest BCUT2D eigenvalue weighted by molar-refractivity contribution is 6.48. The Morgan fingerprint density at radius 2 is 1.74 bits per heavy atom. The molecule has 4 atom stereocenters. The van der Waals surface area contributed by atoms with Crippen LogP contribution < -0.4 is 14.8 Å². The smallest absolute Gasteiger partial charge is 0.296 e. The number of nitrogens with one attached hydrogen (secondary N) is 1. The molecule has 6 rings (SSSR count). The molecule has 4 unspecified atom stereocenters. The van der Waals surface area contributed by atoms with Crippen LogP contribution in [0.5, 0.6) is 11.5 Å². The second-order valence-corrected chi connectivity index (χ2v) is 12.6. The Bertz CT molecular complexity index is 1570. The van der Waals surface area contributed by atoms with Crippen molar-refractivity contribution in [2.24, 2.45) is 11.8 Å². The third-order valence-corrected chi connectivity index (χ3v) is 9.06. The van der Waals surface area contributed by atoms with E-state index in [1.165, 1.54) is 20.0 Å². The van der Waals surface area contributed by atoms with E-state index < -0.39 is 11.7 Å². The number of benzene rings is 3. The minimum Gasteiger partial charge on any atom is -0.493 e. The fourth-order valence-electron chi connectivity index (χ4n) is 6.87. The molecule has 42 heavy (non-hydrogen) atoms. The van der Waals surface area contributed by atoms with Gasteiger partial charge in [0.15, 0.2) is 5.75 Å². The van der Waals surface area contributed by atoms with Gasteiger partial charge in [-0.05, 0) is 53.5 Å². The molecule has 1 amide bonds. The average Bonchev–Trinajstić information content (AvgIpc) is 3.70. The molecule has 3 aromatic rings. The van der Waals surface area contributed by atoms with Crippen molar-refractivity contribution in [3.05, 3.63) is 65.2 Å². The Labute approximate surface area is 246 Å². The number of nitrogens with zero attached hydrogens (tertiary/aromatic N) is 2. The molecule has 3 saturated heterocycles. The molecule has 218 valence electrons. The van der Waals surface area contributed by atoms with Gasteiger partial charge in [-0.3, -0.25) is 14.5 Å². The second kappa shape index (κ2) is 11.0. The van der Waals surface area contributed by atoms with Gasteiger partial charge in [0.1, 0.15) is 18.4 Å². The number of hydrogen-bond donors (Lipinski definition) is 1. The number of anilines is 1. The minimum absolute atomic E-state index is 0.224. The van der Waals surface area contributed by atoms with E-state index in [9.17, 15) is 14.9 Å². The van der Waals surface area contributed by atoms with Gasteiger partial charge in [0.25, 0.3) is 11.7 Å². The van der Waals surface area contributed by atoms with Crippen molar-refractivity contribution >= 4 is 28.2 Å². The number of Topliss-reactive ketones (excluding diaryl/α,β-unsaturated/α-hetero) is 1. The zero-order valence-electron chi connectivity index (χ0n) is 24.6. The Balaban J connectivity index is 1.17. The summed E-state index contributed by atoms with van der Waals surface area (Å²) in [5, 5.41) is 13.8. The summed E-state index contributed by atoms with van der Waals surface area (Å²) in [6.45, 7) is 9.55. The largest absolute Gasteiger partial charge is 0.493 e. The first-order chi connectivity index (χ1) is 20.2. The fourth-order valence-corrected chi connectivity index (χ4v) is 6.87. The molecule has 3 fully saturated rings. The molecule has 0 saturated carbocycles. The van der Waals surface area contributed by atoms with Crippen LogP contribution >= 0.6 is 0 Å². The number of hydrogen-bond acceptors (Lipinski definition) is 7. The SMILES string of the molecule is COc1c(C#N)cc(C(C)(C)C)cc1NC(=O)C(=O)c1ccc(OCCN2CC3C4CCC(O4)C3C2)c2ccccc12. The van der Waals surface area contributed by atoms with Crippen molar-refractivity contribution in [1.29, 1.82) is 5.26 Å². The summed E-state index contributed by atoms with van der Waals surface area (Å²) in [6.07, 6.45) is 3.27. The first-order valence-electron chi connectivity index (χ1n) is 14.7. The number of ether oxygens (including phenoxy) is 3. The van der Waals surface area contributed by atoms with E-state index in [1.54, 1.807) is 24.3 Å². The highest BCUT2D eigenvalue weighted by Gasteiger charge is 2.52. The molecule has 2 bridgehead atoms. The first kappa shape index (κ1) is 28.2. The number of carbonyl (C=O) groups is 2. The van der Waals surface area contributed by atoms with Gasteiger partial charge in [0.2, 0.25) is 0 Å². The van der Waals surface area contributed by atoms with Crippen LogP contribution in [0.4, 0.5) is 5.69 Å². The zero-order chi connectivity index (χ0) is 29.6. The van der Waals surface area contributed by atoms with Gasteiger partial charge in [-0.2, -0.15) is 5.26 Å². The van der Waals surface area contributed by atoms with Crippen molar-refractivity contribution < 1.29 is 23.8 Å². The highest BCUT2D eigenvalue weighted by Crippen LogP contribution is 2.47. The summed E-state index contributed by atoms with van der Waals surface area (Å²) >= 11 is 0. The van der Waals surface area contributed by atoms with Crippen LogP contribution in [-0.4, -0.2) is 62.1 Å². The van der Waals surface area contributed by atoms with Gasteiger partial charge in [-0.15, -0.1) is 0 Å². The fraction of sp³-hybridized carbons (Fsp3) is 0.441. The van der Waals surface area contributed by atoms with Crippen molar-refractivity contribution in [3.63, 3.8) is 0 Å². The third-order valence-electron chi connectivity index (χ3n) is 9.06. The molecule has 0 radical (unpaired) electrons. The maximum atomic E-state index is 13.5. The maximum absolute atomic E-state index is 13.5. The van der Waals surface area contributed by atoms with Crippen LogP contribution in [0.25, 0.3) is 10.8 Å². The van der Waals surface area contributed by atoms with Crippen LogP contribution in [0.2, 0.25) is 0 Å². The molecular weight excluding hydrogens is 530 g/mol. The van der Waals surface area contributed by atoms with Crippen LogP contribution in [0, 0.1) is 23.2 Å². The number of likely N-dealkylation sites (tertiary alicyclic amines) is 1. The van der Waals surface area contributed by atoms with Gasteiger partial charge < -0.3 is 19.5 Å². The van der Waals surface area contributed by atoms with E-state index in [-0.39, 0.29) is 28.0 Å². The van der Waals surface area contributed by atoms with E-state index in [1.807, 2.05) is 45.0 Å². The maximum Gasteiger partial charge on any atom is 0.296 e. The van der Waals surface area contributed by atoms with Gasteiger partial charge in [0, 0.05) is 42.4 Å². The Hall–Kier alpha value is -3.93. The normalized spacial score (nSPS) is 23.0. The molecule has 8 heteroatoms. The van der Waals surface area contributed by atoms with Gasteiger partial charge in [-0.1, -0.05) is 45.0 Å². The lowest BCUT2D eigenvalue weighted by molar-refractivity contribution is -0.112. The van der Waals surface area contributed by atoms with Crippen LogP contribution in [0.1, 0.15) is 55.1 Å². The third kappa shape index (κ3) is 5.12. The predicted octanol–water partition coefficient (Wildman–Crippen LogP) is 5.33. The number of nitriles is 1. The van der Waals surface area contributed by atoms with E-state index in [0.717, 1.165) is 30.6 Å². The second-order valence-electron chi connectivity index (χ2n) is 12.6. The van der Waals surface area contributed by atoms with Crippen molar-refractivity contribution in [1.82, 2.24) is 4.90 Å². The number of fused-ring (bicyclic) bond motifs is 6. The number of ketones is 1. The summed E-state index contributed by atoms with van der Waals surface area (Å²) in [7, 11) is 1.43. The van der Waals surface area contributed by atoms with Crippen molar-refractivity contribution in [2.45, 2.75) is 51.2 Å². The van der Waals surface area contributed by atoms with Gasteiger partial charge in [0.05, 0.1) is 30.6 Å². The zero-order valence-corrected chi connectivity index (χ0v) is 24.6. The number of methoxy groups -OCH3 is 1. The molecule has 3 aliphatic rings. The van der Waals surface area contributed by atoms with Crippen molar-refractivity contribution in [3.8, 4) is 17.6 Å². The van der Waals surface area contributed by atoms with Crippen LogP contribution in [-0.2, 0) is 14.9 Å². The van der Waals surface area contributed by atoms with Gasteiger partial charge >= 0.3 is 0 Å². The Kier molecular flexibility index (Phi) is 7.42. The summed E-state index contributed by atoms with van der Waals surface area (Å²) in [4.78, 5) is 29.2. The monoisotopic (exact) mass is 567 g/mol. The molecule has 0 aromatic heterocycles. The molecule has 3 aromatic carbocycles. The Morgan fingerprint density at radius 3 is 2.38 bits per heavy atom. The van der Waals surface area contributed by atoms with Crippen LogP contribution in [0.15, 0.2) is 48.5 Å². The predicted molar refractivity (Wildman–Crippen MR) is 160 cm³/mol. The van der Waals surface area contributed by atoms with E-state index in [0.29, 0.717) is 41.8 Å². The lowest BCUT2D eigenvalue weighted by Crippen LogP contribution is -2.29. The molecular formula is C34H37N3O5. The standard InChI is InChI=1S/C34H37N3O5/c1-34(2,3)21-15-20(17-35)32(40-4)27(16-21)36-33(39)31(38)24-9-10-28(23-8-6-5-7-22(23)24)41-14-13-37-18-25-26(19-37)30-12-11-29(25)42-30/h5-10,15-16,25-26,29-30H,11-14,18-19H2,1-4H3,(H,36,39). The lowest BCUT2D eigenvalue weighted by atomic mass is 9.82. The minimum atomic E-state index is -0.806. The molecule has 1 N–H and O–H groups in total. The van der Waals surface area contributed by atoms with Gasteiger partial charge in [-0.25, -0.2) is 0 Å². The quantitative estimate of drug-likeness (QED) is 0.290. The average molecular weight is 568 g/mol. The molecule has 3 aliphatic heterocycles. The first-order valence-corrected chi connectivity index (χ1v) is 14.7. The lowest BCUT2D eigenvalue weighted by Gasteiger charge is -2.22. The topological polar surface area (TPSA) is 101 Å². The summed E-state index contributed by atoms with van der Waals surface area (Å²) < 4.78 is 17.8. The number of carbonyl (C=O) groups excluding carboxylic acids is 2. The van der Waals surface area contributed by atoms with E-state index in [4.69, 9.17) is 14.2 Å². The van der Waals surface area contributed by atoms with E-state index in [2.05, 4.69) is 16.3 Å². The summed E-state index contributed by atoms with van der Waals surface area (Å²) in [6, 6.07) is 16.5. The number of amides is 1. The number of rotatable bonds is 8.